The Morgan fingerprint density at radius 2 is 2.14 bits per heavy atom. The predicted octanol–water partition coefficient (Wildman–Crippen LogP) is 1.99. The molecule has 1 aliphatic rings. The molecule has 2 nitrogen and oxygen atoms in total. The number of hydrogen-bond donors (Lipinski definition) is 2. The van der Waals surface area contributed by atoms with E-state index >= 15 is 0 Å². The van der Waals surface area contributed by atoms with E-state index < -0.39 is 0 Å². The Balaban J connectivity index is 1.68. The standard InChI is InChI=1S/C11H15FN2/c12-9-2-1-3-11(8-9)14-7-6-13-10-4-5-10/h1-3,8,10,13-14H,4-7H2. The van der Waals surface area contributed by atoms with E-state index in [1.54, 1.807) is 6.07 Å². The summed E-state index contributed by atoms with van der Waals surface area (Å²) in [5, 5.41) is 6.55. The van der Waals surface area contributed by atoms with E-state index in [9.17, 15) is 4.39 Å². The summed E-state index contributed by atoms with van der Waals surface area (Å²) < 4.78 is 12.8. The normalized spacial score (nSPS) is 15.5. The van der Waals surface area contributed by atoms with E-state index in [1.807, 2.05) is 6.07 Å². The lowest BCUT2D eigenvalue weighted by atomic mass is 10.3. The van der Waals surface area contributed by atoms with Gasteiger partial charge in [-0.1, -0.05) is 6.07 Å². The molecule has 0 heterocycles. The minimum Gasteiger partial charge on any atom is -0.384 e. The summed E-state index contributed by atoms with van der Waals surface area (Å²) in [5.41, 5.74) is 0.850. The van der Waals surface area contributed by atoms with Crippen LogP contribution in [-0.2, 0) is 0 Å². The quantitative estimate of drug-likeness (QED) is 0.700. The molecule has 1 fully saturated rings. The van der Waals surface area contributed by atoms with Crippen molar-refractivity contribution in [3.8, 4) is 0 Å². The van der Waals surface area contributed by atoms with Crippen molar-refractivity contribution in [2.75, 3.05) is 18.4 Å². The molecule has 0 radical (unpaired) electrons. The highest BCUT2D eigenvalue weighted by Gasteiger charge is 2.19. The fraction of sp³-hybridized carbons (Fsp3) is 0.455. The fourth-order valence-electron chi connectivity index (χ4n) is 1.37. The maximum absolute atomic E-state index is 12.8. The molecule has 0 bridgehead atoms. The molecule has 0 aliphatic heterocycles. The van der Waals surface area contributed by atoms with Crippen LogP contribution in [-0.4, -0.2) is 19.1 Å². The highest BCUT2D eigenvalue weighted by molar-refractivity contribution is 5.42. The van der Waals surface area contributed by atoms with Crippen LogP contribution in [0.3, 0.4) is 0 Å². The van der Waals surface area contributed by atoms with E-state index in [0.29, 0.717) is 0 Å². The van der Waals surface area contributed by atoms with Crippen LogP contribution in [0.15, 0.2) is 24.3 Å². The summed E-state index contributed by atoms with van der Waals surface area (Å²) in [6, 6.07) is 7.29. The average molecular weight is 194 g/mol. The Labute approximate surface area is 83.5 Å². The molecular weight excluding hydrogens is 179 g/mol. The van der Waals surface area contributed by atoms with Crippen molar-refractivity contribution < 1.29 is 4.39 Å². The zero-order valence-electron chi connectivity index (χ0n) is 8.09. The molecule has 1 aromatic rings. The Kier molecular flexibility index (Phi) is 2.99. The molecule has 1 aliphatic carbocycles. The molecule has 0 saturated heterocycles. The lowest BCUT2D eigenvalue weighted by molar-refractivity contribution is 0.628. The van der Waals surface area contributed by atoms with Crippen molar-refractivity contribution in [3.63, 3.8) is 0 Å². The van der Waals surface area contributed by atoms with Crippen molar-refractivity contribution >= 4 is 5.69 Å². The summed E-state index contributed by atoms with van der Waals surface area (Å²) in [4.78, 5) is 0. The third kappa shape index (κ3) is 3.00. The minimum atomic E-state index is -0.190. The van der Waals surface area contributed by atoms with Gasteiger partial charge in [-0.05, 0) is 31.0 Å². The van der Waals surface area contributed by atoms with Crippen LogP contribution < -0.4 is 10.6 Å². The molecule has 3 heteroatoms. The summed E-state index contributed by atoms with van der Waals surface area (Å²) in [6.45, 7) is 1.79. The first kappa shape index (κ1) is 9.46. The second-order valence-corrected chi connectivity index (χ2v) is 3.67. The van der Waals surface area contributed by atoms with Crippen LogP contribution in [0, 0.1) is 5.82 Å². The molecule has 1 aromatic carbocycles. The second-order valence-electron chi connectivity index (χ2n) is 3.67. The van der Waals surface area contributed by atoms with E-state index in [4.69, 9.17) is 0 Å². The van der Waals surface area contributed by atoms with Gasteiger partial charge in [-0.15, -0.1) is 0 Å². The van der Waals surface area contributed by atoms with Crippen LogP contribution in [0.2, 0.25) is 0 Å². The molecule has 0 unspecified atom stereocenters. The first-order valence-electron chi connectivity index (χ1n) is 5.07. The van der Waals surface area contributed by atoms with Gasteiger partial charge < -0.3 is 10.6 Å². The van der Waals surface area contributed by atoms with Crippen molar-refractivity contribution in [2.45, 2.75) is 18.9 Å². The monoisotopic (exact) mass is 194 g/mol. The molecule has 14 heavy (non-hydrogen) atoms. The molecular formula is C11H15FN2. The number of halogens is 1. The van der Waals surface area contributed by atoms with Gasteiger partial charge in [-0.25, -0.2) is 4.39 Å². The van der Waals surface area contributed by atoms with Gasteiger partial charge in [0.25, 0.3) is 0 Å². The summed E-state index contributed by atoms with van der Waals surface area (Å²) in [7, 11) is 0. The van der Waals surface area contributed by atoms with E-state index in [0.717, 1.165) is 24.8 Å². The number of rotatable bonds is 5. The maximum Gasteiger partial charge on any atom is 0.125 e. The molecule has 0 aromatic heterocycles. The Bertz CT molecular complexity index is 297. The van der Waals surface area contributed by atoms with Crippen LogP contribution in [0.25, 0.3) is 0 Å². The maximum atomic E-state index is 12.8. The Morgan fingerprint density at radius 3 is 2.86 bits per heavy atom. The fourth-order valence-corrected chi connectivity index (χ4v) is 1.37. The van der Waals surface area contributed by atoms with Gasteiger partial charge in [0.2, 0.25) is 0 Å². The number of nitrogens with one attached hydrogen (secondary N) is 2. The molecule has 1 saturated carbocycles. The Hall–Kier alpha value is -1.09. The van der Waals surface area contributed by atoms with Crippen LogP contribution in [0.4, 0.5) is 10.1 Å². The number of hydrogen-bond acceptors (Lipinski definition) is 2. The molecule has 2 rings (SSSR count). The minimum absolute atomic E-state index is 0.190. The Morgan fingerprint density at radius 1 is 1.29 bits per heavy atom. The van der Waals surface area contributed by atoms with Gasteiger partial charge in [0, 0.05) is 24.8 Å². The highest BCUT2D eigenvalue weighted by Crippen LogP contribution is 2.18. The first-order valence-corrected chi connectivity index (χ1v) is 5.07. The molecule has 2 N–H and O–H groups in total. The second kappa shape index (κ2) is 4.42. The topological polar surface area (TPSA) is 24.1 Å². The van der Waals surface area contributed by atoms with Gasteiger partial charge in [0.1, 0.15) is 5.82 Å². The van der Waals surface area contributed by atoms with Crippen molar-refractivity contribution in [3.05, 3.63) is 30.1 Å². The van der Waals surface area contributed by atoms with Crippen molar-refractivity contribution in [1.82, 2.24) is 5.32 Å². The molecule has 0 amide bonds. The van der Waals surface area contributed by atoms with Crippen LogP contribution >= 0.6 is 0 Å². The third-order valence-electron chi connectivity index (χ3n) is 2.29. The van der Waals surface area contributed by atoms with Crippen molar-refractivity contribution in [1.29, 1.82) is 0 Å². The molecule has 0 atom stereocenters. The van der Waals surface area contributed by atoms with Gasteiger partial charge in [0.15, 0.2) is 0 Å². The molecule has 76 valence electrons. The molecule has 0 spiro atoms. The van der Waals surface area contributed by atoms with Gasteiger partial charge in [0.05, 0.1) is 0 Å². The van der Waals surface area contributed by atoms with E-state index in [1.165, 1.54) is 25.0 Å². The smallest absolute Gasteiger partial charge is 0.125 e. The SMILES string of the molecule is Fc1cccc(NCCNC2CC2)c1. The van der Waals surface area contributed by atoms with E-state index in [2.05, 4.69) is 10.6 Å². The summed E-state index contributed by atoms with van der Waals surface area (Å²) >= 11 is 0. The number of anilines is 1. The third-order valence-corrected chi connectivity index (χ3v) is 2.29. The zero-order valence-corrected chi connectivity index (χ0v) is 8.09. The van der Waals surface area contributed by atoms with Crippen LogP contribution in [0.1, 0.15) is 12.8 Å². The zero-order chi connectivity index (χ0) is 9.80. The van der Waals surface area contributed by atoms with Gasteiger partial charge in [-0.3, -0.25) is 0 Å². The largest absolute Gasteiger partial charge is 0.384 e. The predicted molar refractivity (Wildman–Crippen MR) is 55.9 cm³/mol. The lowest BCUT2D eigenvalue weighted by Crippen LogP contribution is -2.23. The van der Waals surface area contributed by atoms with Crippen LogP contribution in [0.5, 0.6) is 0 Å². The summed E-state index contributed by atoms with van der Waals surface area (Å²) in [6.07, 6.45) is 2.61. The first-order chi connectivity index (χ1) is 6.84. The van der Waals surface area contributed by atoms with Gasteiger partial charge in [-0.2, -0.15) is 0 Å². The average Bonchev–Trinajstić information content (AvgIpc) is 2.96. The van der Waals surface area contributed by atoms with Crippen molar-refractivity contribution in [2.24, 2.45) is 0 Å². The van der Waals surface area contributed by atoms with Gasteiger partial charge >= 0.3 is 0 Å². The highest BCUT2D eigenvalue weighted by atomic mass is 19.1. The lowest BCUT2D eigenvalue weighted by Gasteiger charge is -2.06. The number of benzene rings is 1. The summed E-state index contributed by atoms with van der Waals surface area (Å²) in [5.74, 6) is -0.190. The van der Waals surface area contributed by atoms with E-state index in [-0.39, 0.29) is 5.82 Å².